The fourth-order valence-corrected chi connectivity index (χ4v) is 6.17. The Morgan fingerprint density at radius 2 is 1.36 bits per heavy atom. The second-order valence-corrected chi connectivity index (χ2v) is 12.0. The summed E-state index contributed by atoms with van der Waals surface area (Å²) in [6.07, 6.45) is -18.7. The molecule has 0 radical (unpaired) electrons. The Labute approximate surface area is 267 Å². The van der Waals surface area contributed by atoms with E-state index in [0.717, 1.165) is 25.1 Å². The molecule has 3 unspecified atom stereocenters. The number of aliphatic carboxylic acids is 1. The van der Waals surface area contributed by atoms with Gasteiger partial charge in [0, 0.05) is 0 Å². The van der Waals surface area contributed by atoms with Gasteiger partial charge in [0.1, 0.15) is 59.8 Å². The lowest BCUT2D eigenvalue weighted by molar-refractivity contribution is -0.366. The smallest absolute Gasteiger partial charge is 0.317 e. The fraction of sp³-hybridized carbons (Fsp3) is 0.741. The standard InChI is InChI=1S/C27H43N3O17/c1-26(25(41)42,8-2-3-9(34)10(35)4-8)27(7-33)21(39)18(38)15(30)24(47-27)46-20-12(6-32)44-23(14(29)17(20)37)45-19-11(5-31)43-22(40)13(28)16(19)36/h2-4,11-24,31-40H,5-7,28-30H2,1H3,(H,41,42)/t11-,12-,13-,14-,15-,16-,17-,18-,19?,20?,21+,22-,23+,24+,26?,27-/m1/s1. The molecule has 0 aromatic heterocycles. The van der Waals surface area contributed by atoms with E-state index in [0.29, 0.717) is 0 Å². The van der Waals surface area contributed by atoms with Crippen molar-refractivity contribution in [2.24, 2.45) is 17.2 Å². The maximum absolute atomic E-state index is 12.8. The van der Waals surface area contributed by atoms with Gasteiger partial charge in [0.05, 0.1) is 37.9 Å². The van der Waals surface area contributed by atoms with Crippen LogP contribution in [0.25, 0.3) is 0 Å². The summed E-state index contributed by atoms with van der Waals surface area (Å²) in [5.41, 5.74) is 12.6. The van der Waals surface area contributed by atoms with Crippen molar-refractivity contribution in [1.29, 1.82) is 0 Å². The van der Waals surface area contributed by atoms with Gasteiger partial charge in [-0.2, -0.15) is 0 Å². The molecule has 16 atom stereocenters. The molecule has 20 heteroatoms. The molecule has 0 saturated carbocycles. The summed E-state index contributed by atoms with van der Waals surface area (Å²) in [5.74, 6) is -3.06. The Morgan fingerprint density at radius 3 is 1.89 bits per heavy atom. The molecular weight excluding hydrogens is 638 g/mol. The van der Waals surface area contributed by atoms with E-state index in [9.17, 15) is 61.0 Å². The van der Waals surface area contributed by atoms with Crippen LogP contribution in [0.2, 0.25) is 0 Å². The largest absolute Gasteiger partial charge is 0.504 e. The van der Waals surface area contributed by atoms with Crippen LogP contribution < -0.4 is 17.2 Å². The minimum absolute atomic E-state index is 0.284. The quantitative estimate of drug-likeness (QED) is 0.102. The first-order chi connectivity index (χ1) is 22.0. The van der Waals surface area contributed by atoms with Gasteiger partial charge in [0.2, 0.25) is 0 Å². The van der Waals surface area contributed by atoms with Crippen LogP contribution >= 0.6 is 0 Å². The summed E-state index contributed by atoms with van der Waals surface area (Å²) in [7, 11) is 0. The summed E-state index contributed by atoms with van der Waals surface area (Å²) >= 11 is 0. The van der Waals surface area contributed by atoms with Gasteiger partial charge < -0.3 is 97.1 Å². The monoisotopic (exact) mass is 681 g/mol. The van der Waals surface area contributed by atoms with Crippen LogP contribution in [0, 0.1) is 0 Å². The molecule has 20 nitrogen and oxygen atoms in total. The van der Waals surface area contributed by atoms with Gasteiger partial charge in [0.15, 0.2) is 30.4 Å². The molecule has 3 fully saturated rings. The van der Waals surface area contributed by atoms with Crippen LogP contribution in [0.3, 0.4) is 0 Å². The topological polar surface area (TPSA) is 364 Å². The van der Waals surface area contributed by atoms with Crippen LogP contribution in [-0.4, -0.2) is 173 Å². The zero-order valence-corrected chi connectivity index (χ0v) is 25.0. The van der Waals surface area contributed by atoms with Crippen molar-refractivity contribution >= 4 is 5.97 Å². The summed E-state index contributed by atoms with van der Waals surface area (Å²) in [6, 6.07) is -1.66. The van der Waals surface area contributed by atoms with E-state index in [1.54, 1.807) is 0 Å². The predicted octanol–water partition coefficient (Wildman–Crippen LogP) is -6.85. The number of benzene rings is 1. The average Bonchev–Trinajstić information content (AvgIpc) is 3.05. The number of ether oxygens (including phenoxy) is 5. The van der Waals surface area contributed by atoms with Crippen molar-refractivity contribution in [2.45, 2.75) is 104 Å². The maximum atomic E-state index is 12.8. The number of phenols is 2. The molecule has 0 amide bonds. The fourth-order valence-electron chi connectivity index (χ4n) is 6.17. The van der Waals surface area contributed by atoms with Crippen molar-refractivity contribution in [3.63, 3.8) is 0 Å². The summed E-state index contributed by atoms with van der Waals surface area (Å²) in [6.45, 7) is -1.87. The van der Waals surface area contributed by atoms with Crippen LogP contribution in [-0.2, 0) is 33.9 Å². The molecule has 1 aromatic carbocycles. The number of nitrogens with two attached hydrogens (primary N) is 3. The Balaban J connectivity index is 1.63. The molecule has 17 N–H and O–H groups in total. The molecule has 268 valence electrons. The van der Waals surface area contributed by atoms with E-state index in [2.05, 4.69) is 0 Å². The minimum atomic E-state index is -2.66. The number of hydrogen-bond donors (Lipinski definition) is 14. The van der Waals surface area contributed by atoms with Crippen molar-refractivity contribution in [1.82, 2.24) is 0 Å². The molecule has 47 heavy (non-hydrogen) atoms. The van der Waals surface area contributed by atoms with Crippen LogP contribution in [0.5, 0.6) is 11.5 Å². The zero-order chi connectivity index (χ0) is 35.2. The summed E-state index contributed by atoms with van der Waals surface area (Å²) in [5, 5.41) is 114. The van der Waals surface area contributed by atoms with E-state index in [1.807, 2.05) is 0 Å². The van der Waals surface area contributed by atoms with Gasteiger partial charge in [-0.25, -0.2) is 0 Å². The molecule has 3 heterocycles. The Bertz CT molecular complexity index is 1240. The van der Waals surface area contributed by atoms with Crippen molar-refractivity contribution in [3.05, 3.63) is 23.8 Å². The van der Waals surface area contributed by atoms with Crippen LogP contribution in [0.1, 0.15) is 12.5 Å². The molecule has 3 aliphatic heterocycles. The first-order valence-electron chi connectivity index (χ1n) is 14.6. The Hall–Kier alpha value is -2.35. The number of hydrogen-bond acceptors (Lipinski definition) is 19. The first-order valence-corrected chi connectivity index (χ1v) is 14.6. The predicted molar refractivity (Wildman–Crippen MR) is 151 cm³/mol. The summed E-state index contributed by atoms with van der Waals surface area (Å²) in [4.78, 5) is 12.8. The van der Waals surface area contributed by atoms with Crippen LogP contribution in [0.4, 0.5) is 0 Å². The number of carboxylic acids is 1. The van der Waals surface area contributed by atoms with Gasteiger partial charge in [-0.3, -0.25) is 4.79 Å². The van der Waals surface area contributed by atoms with Crippen LogP contribution in [0.15, 0.2) is 18.2 Å². The lowest BCUT2D eigenvalue weighted by Gasteiger charge is -2.55. The molecule has 3 aliphatic rings. The van der Waals surface area contributed by atoms with Crippen molar-refractivity contribution < 1.29 is 84.7 Å². The number of aliphatic hydroxyl groups is 8. The van der Waals surface area contributed by atoms with Crippen molar-refractivity contribution in [2.75, 3.05) is 19.8 Å². The molecule has 3 saturated heterocycles. The zero-order valence-electron chi connectivity index (χ0n) is 25.0. The van der Waals surface area contributed by atoms with Gasteiger partial charge >= 0.3 is 5.97 Å². The Morgan fingerprint density at radius 1 is 0.830 bits per heavy atom. The molecular formula is C27H43N3O17. The highest BCUT2D eigenvalue weighted by Crippen LogP contribution is 2.47. The lowest BCUT2D eigenvalue weighted by atomic mass is 9.63. The highest BCUT2D eigenvalue weighted by Gasteiger charge is 2.66. The normalized spacial score (nSPS) is 44.1. The molecule has 0 bridgehead atoms. The molecule has 0 spiro atoms. The maximum Gasteiger partial charge on any atom is 0.317 e. The average molecular weight is 682 g/mol. The Kier molecular flexibility index (Phi) is 11.4. The number of carbonyl (C=O) groups is 1. The van der Waals surface area contributed by atoms with Gasteiger partial charge in [-0.05, 0) is 24.6 Å². The third kappa shape index (κ3) is 6.30. The van der Waals surface area contributed by atoms with E-state index < -0.39 is 134 Å². The van der Waals surface area contributed by atoms with Crippen molar-refractivity contribution in [3.8, 4) is 11.5 Å². The minimum Gasteiger partial charge on any atom is -0.504 e. The third-order valence-electron chi connectivity index (χ3n) is 9.30. The summed E-state index contributed by atoms with van der Waals surface area (Å²) < 4.78 is 28.3. The number of rotatable bonds is 10. The first kappa shape index (κ1) is 37.5. The van der Waals surface area contributed by atoms with E-state index in [4.69, 9.17) is 40.9 Å². The highest BCUT2D eigenvalue weighted by molar-refractivity contribution is 5.83. The number of carboxylic acid groups (broad SMARTS) is 1. The van der Waals surface area contributed by atoms with Gasteiger partial charge in [-0.1, -0.05) is 6.07 Å². The number of phenolic OH excluding ortho intramolecular Hbond substituents is 2. The number of aliphatic hydroxyl groups excluding tert-OH is 8. The third-order valence-corrected chi connectivity index (χ3v) is 9.30. The van der Waals surface area contributed by atoms with Gasteiger partial charge in [0.25, 0.3) is 0 Å². The SMILES string of the molecule is CC(C(=O)O)(c1ccc(O)c(O)c1)[C@]1(CO)O[C@H](OC2[C@@H](CO)O[C@@H](OC3[C@@H](CO)O[C@@H](O)[C@H](N)[C@H]3O)[C@H](N)[C@H]2O)[C@H](N)[C@@H](O)[C@@H]1O. The molecule has 0 aliphatic carbocycles. The van der Waals surface area contributed by atoms with E-state index in [1.165, 1.54) is 0 Å². The lowest BCUT2D eigenvalue weighted by Crippen LogP contribution is -2.76. The number of aromatic hydroxyl groups is 2. The second kappa shape index (κ2) is 14.2. The molecule has 1 aromatic rings. The van der Waals surface area contributed by atoms with E-state index in [-0.39, 0.29) is 5.56 Å². The highest BCUT2D eigenvalue weighted by atomic mass is 16.7. The molecule has 4 rings (SSSR count). The second-order valence-electron chi connectivity index (χ2n) is 12.0. The van der Waals surface area contributed by atoms with Gasteiger partial charge in [-0.15, -0.1) is 0 Å². The van der Waals surface area contributed by atoms with E-state index >= 15 is 0 Å².